The first kappa shape index (κ1) is 16.3. The van der Waals surface area contributed by atoms with E-state index in [9.17, 15) is 4.79 Å². The lowest BCUT2D eigenvalue weighted by atomic mass is 10.1. The zero-order valence-electron chi connectivity index (χ0n) is 12.1. The van der Waals surface area contributed by atoms with Crippen LogP contribution in [0.1, 0.15) is 22.8 Å². The Kier molecular flexibility index (Phi) is 5.41. The van der Waals surface area contributed by atoms with Gasteiger partial charge in [0.05, 0.1) is 23.4 Å². The number of hydrogen-bond acceptors (Lipinski definition) is 3. The summed E-state index contributed by atoms with van der Waals surface area (Å²) in [5.74, 6) is 0.364. The molecule has 0 radical (unpaired) electrons. The van der Waals surface area contributed by atoms with Gasteiger partial charge in [-0.25, -0.2) is 5.43 Å². The van der Waals surface area contributed by atoms with Gasteiger partial charge >= 0.3 is 0 Å². The molecule has 0 aromatic heterocycles. The maximum atomic E-state index is 12.0. The van der Waals surface area contributed by atoms with E-state index in [0.717, 1.165) is 11.3 Å². The van der Waals surface area contributed by atoms with Crippen molar-refractivity contribution in [3.05, 3.63) is 63.6 Å². The molecule has 1 amide bonds. The number of ether oxygens (including phenoxy) is 1. The van der Waals surface area contributed by atoms with Crippen LogP contribution in [0.3, 0.4) is 0 Å². The predicted molar refractivity (Wildman–Crippen MR) is 89.1 cm³/mol. The Labute approximate surface area is 138 Å². The Morgan fingerprint density at radius 1 is 1.14 bits per heavy atom. The van der Waals surface area contributed by atoms with Gasteiger partial charge in [-0.15, -0.1) is 0 Å². The van der Waals surface area contributed by atoms with E-state index in [1.54, 1.807) is 26.2 Å². The quantitative estimate of drug-likeness (QED) is 0.673. The van der Waals surface area contributed by atoms with E-state index in [4.69, 9.17) is 27.9 Å². The second kappa shape index (κ2) is 7.29. The van der Waals surface area contributed by atoms with Gasteiger partial charge in [-0.1, -0.05) is 23.2 Å². The summed E-state index contributed by atoms with van der Waals surface area (Å²) >= 11 is 11.8. The summed E-state index contributed by atoms with van der Waals surface area (Å²) < 4.78 is 5.09. The van der Waals surface area contributed by atoms with Crippen molar-refractivity contribution < 1.29 is 9.53 Å². The van der Waals surface area contributed by atoms with E-state index in [1.807, 2.05) is 24.3 Å². The zero-order valence-corrected chi connectivity index (χ0v) is 13.6. The number of amides is 1. The number of nitrogens with zero attached hydrogens (tertiary/aromatic N) is 1. The predicted octanol–water partition coefficient (Wildman–Crippen LogP) is 4.16. The molecule has 2 rings (SSSR count). The van der Waals surface area contributed by atoms with E-state index in [2.05, 4.69) is 10.5 Å². The molecule has 0 heterocycles. The standard InChI is InChI=1S/C16H14Cl2N2O2/c1-10(11-3-6-13(22-2)7-4-11)19-20-16(21)14-8-5-12(17)9-15(14)18/h3-9H,1-2H3,(H,20,21)/b19-10-. The number of hydrazone groups is 1. The Morgan fingerprint density at radius 3 is 2.41 bits per heavy atom. The molecule has 0 saturated heterocycles. The monoisotopic (exact) mass is 336 g/mol. The minimum atomic E-state index is -0.394. The largest absolute Gasteiger partial charge is 0.497 e. The minimum Gasteiger partial charge on any atom is -0.497 e. The Balaban J connectivity index is 2.10. The molecule has 0 saturated carbocycles. The second-order valence-corrected chi connectivity index (χ2v) is 5.33. The fourth-order valence-corrected chi connectivity index (χ4v) is 2.26. The Bertz CT molecular complexity index is 713. The molecule has 0 bridgehead atoms. The van der Waals surface area contributed by atoms with Gasteiger partial charge in [0.1, 0.15) is 5.75 Å². The summed E-state index contributed by atoms with van der Waals surface area (Å²) in [7, 11) is 1.60. The maximum absolute atomic E-state index is 12.0. The molecule has 0 spiro atoms. The van der Waals surface area contributed by atoms with Crippen LogP contribution in [0, 0.1) is 0 Å². The van der Waals surface area contributed by atoms with Gasteiger partial charge < -0.3 is 4.74 Å². The third-order valence-electron chi connectivity index (χ3n) is 3.01. The third-order valence-corrected chi connectivity index (χ3v) is 3.56. The van der Waals surface area contributed by atoms with E-state index in [-0.39, 0.29) is 5.02 Å². The lowest BCUT2D eigenvalue weighted by molar-refractivity contribution is 0.0955. The number of methoxy groups -OCH3 is 1. The van der Waals surface area contributed by atoms with Gasteiger partial charge in [0.2, 0.25) is 0 Å². The van der Waals surface area contributed by atoms with Crippen molar-refractivity contribution in [3.63, 3.8) is 0 Å². The molecule has 0 aliphatic carbocycles. The van der Waals surface area contributed by atoms with Crippen molar-refractivity contribution in [3.8, 4) is 5.75 Å². The highest BCUT2D eigenvalue weighted by atomic mass is 35.5. The van der Waals surface area contributed by atoms with Gasteiger partial charge in [-0.2, -0.15) is 5.10 Å². The highest BCUT2D eigenvalue weighted by Crippen LogP contribution is 2.20. The maximum Gasteiger partial charge on any atom is 0.272 e. The van der Waals surface area contributed by atoms with Gasteiger partial charge in [0.15, 0.2) is 0 Å². The van der Waals surface area contributed by atoms with Crippen LogP contribution in [0.2, 0.25) is 10.0 Å². The highest BCUT2D eigenvalue weighted by Gasteiger charge is 2.10. The van der Waals surface area contributed by atoms with E-state index in [0.29, 0.717) is 16.3 Å². The molecule has 0 unspecified atom stereocenters. The average Bonchev–Trinajstić information content (AvgIpc) is 2.52. The minimum absolute atomic E-state index is 0.280. The number of rotatable bonds is 4. The van der Waals surface area contributed by atoms with Crippen molar-refractivity contribution in [2.24, 2.45) is 5.10 Å². The fraction of sp³-hybridized carbons (Fsp3) is 0.125. The van der Waals surface area contributed by atoms with Gasteiger partial charge in [0.25, 0.3) is 5.91 Å². The normalized spacial score (nSPS) is 11.2. The molecule has 0 aliphatic rings. The Morgan fingerprint density at radius 2 is 1.82 bits per heavy atom. The number of nitrogens with one attached hydrogen (secondary N) is 1. The van der Waals surface area contributed by atoms with Crippen LogP contribution in [0.15, 0.2) is 47.6 Å². The van der Waals surface area contributed by atoms with Crippen LogP contribution < -0.4 is 10.2 Å². The molecule has 0 atom stereocenters. The first-order valence-corrected chi connectivity index (χ1v) is 7.21. The lowest BCUT2D eigenvalue weighted by Gasteiger charge is -2.05. The third kappa shape index (κ3) is 4.00. The molecule has 114 valence electrons. The highest BCUT2D eigenvalue weighted by molar-refractivity contribution is 6.36. The van der Waals surface area contributed by atoms with Crippen molar-refractivity contribution in [1.82, 2.24) is 5.43 Å². The molecule has 0 fully saturated rings. The van der Waals surface area contributed by atoms with Crippen molar-refractivity contribution >= 4 is 34.8 Å². The van der Waals surface area contributed by atoms with Crippen LogP contribution in [-0.4, -0.2) is 18.7 Å². The van der Waals surface area contributed by atoms with Gasteiger partial charge in [-0.05, 0) is 55.0 Å². The van der Waals surface area contributed by atoms with Gasteiger partial charge in [-0.3, -0.25) is 4.79 Å². The van der Waals surface area contributed by atoms with Crippen LogP contribution in [0.4, 0.5) is 0 Å². The molecular weight excluding hydrogens is 323 g/mol. The van der Waals surface area contributed by atoms with Crippen LogP contribution >= 0.6 is 23.2 Å². The second-order valence-electron chi connectivity index (χ2n) is 4.49. The molecule has 0 aliphatic heterocycles. The van der Waals surface area contributed by atoms with E-state index in [1.165, 1.54) is 6.07 Å². The van der Waals surface area contributed by atoms with Crippen molar-refractivity contribution in [1.29, 1.82) is 0 Å². The molecule has 4 nitrogen and oxygen atoms in total. The van der Waals surface area contributed by atoms with Crippen LogP contribution in [0.25, 0.3) is 0 Å². The summed E-state index contributed by atoms with van der Waals surface area (Å²) in [5.41, 5.74) is 4.34. The van der Waals surface area contributed by atoms with Crippen LogP contribution in [0.5, 0.6) is 5.75 Å². The molecule has 2 aromatic carbocycles. The molecule has 22 heavy (non-hydrogen) atoms. The summed E-state index contributed by atoms with van der Waals surface area (Å²) in [5, 5.41) is 4.83. The number of carbonyl (C=O) groups excluding carboxylic acids is 1. The topological polar surface area (TPSA) is 50.7 Å². The first-order valence-electron chi connectivity index (χ1n) is 6.45. The van der Waals surface area contributed by atoms with E-state index < -0.39 is 5.91 Å². The first-order chi connectivity index (χ1) is 10.5. The number of carbonyl (C=O) groups is 1. The lowest BCUT2D eigenvalue weighted by Crippen LogP contribution is -2.19. The van der Waals surface area contributed by atoms with E-state index >= 15 is 0 Å². The summed E-state index contributed by atoms with van der Waals surface area (Å²) in [6.45, 7) is 1.80. The molecule has 6 heteroatoms. The molecular formula is C16H14Cl2N2O2. The molecule has 1 N–H and O–H groups in total. The van der Waals surface area contributed by atoms with Crippen molar-refractivity contribution in [2.75, 3.05) is 7.11 Å². The van der Waals surface area contributed by atoms with Crippen molar-refractivity contribution in [2.45, 2.75) is 6.92 Å². The summed E-state index contributed by atoms with van der Waals surface area (Å²) in [6.07, 6.45) is 0. The zero-order chi connectivity index (χ0) is 16.1. The van der Waals surface area contributed by atoms with Crippen LogP contribution in [-0.2, 0) is 0 Å². The fourth-order valence-electron chi connectivity index (χ4n) is 1.77. The average molecular weight is 337 g/mol. The smallest absolute Gasteiger partial charge is 0.272 e. The molecule has 2 aromatic rings. The summed E-state index contributed by atoms with van der Waals surface area (Å²) in [6, 6.07) is 12.0. The Hall–Kier alpha value is -2.04. The SMILES string of the molecule is COc1ccc(/C(C)=N\NC(=O)c2ccc(Cl)cc2Cl)cc1. The number of hydrogen-bond donors (Lipinski definition) is 1. The van der Waals surface area contributed by atoms with Gasteiger partial charge in [0, 0.05) is 5.02 Å². The number of halogens is 2. The summed E-state index contributed by atoms with van der Waals surface area (Å²) in [4.78, 5) is 12.0. The number of benzene rings is 2.